The van der Waals surface area contributed by atoms with Crippen molar-refractivity contribution in [1.82, 2.24) is 14.8 Å². The zero-order chi connectivity index (χ0) is 41.4. The van der Waals surface area contributed by atoms with E-state index in [0.717, 1.165) is 89.0 Å². The summed E-state index contributed by atoms with van der Waals surface area (Å²) in [7, 11) is 0. The maximum absolute atomic E-state index is 12.1. The number of aromatic nitrogens is 1. The SMILES string of the molecule is Cc1c(COc2cc(OCc3cncc(C#N)c3)c(CN3CCCC[C@H]3C(=O)O)cc2Cl)cccc1-c1cccc(OCCCN2CCC(O)(c3ccccc3)C2)c1C. The summed E-state index contributed by atoms with van der Waals surface area (Å²) in [5.74, 6) is 0.975. The van der Waals surface area contributed by atoms with Crippen LogP contribution in [-0.4, -0.2) is 69.8 Å². The summed E-state index contributed by atoms with van der Waals surface area (Å²) in [5.41, 5.74) is 7.39. The smallest absolute Gasteiger partial charge is 0.320 e. The number of aliphatic carboxylic acids is 1. The van der Waals surface area contributed by atoms with E-state index in [2.05, 4.69) is 41.9 Å². The Hall–Kier alpha value is -5.44. The van der Waals surface area contributed by atoms with Gasteiger partial charge in [0.1, 0.15) is 48.2 Å². The van der Waals surface area contributed by atoms with E-state index in [9.17, 15) is 20.3 Å². The average molecular weight is 815 g/mol. The van der Waals surface area contributed by atoms with E-state index in [1.807, 2.05) is 59.5 Å². The third kappa shape index (κ3) is 10.1. The normalized spacial score (nSPS) is 18.3. The first-order valence-corrected chi connectivity index (χ1v) is 20.7. The van der Waals surface area contributed by atoms with E-state index in [1.54, 1.807) is 24.4 Å². The number of halogens is 1. The Bertz CT molecular complexity index is 2300. The third-order valence-corrected chi connectivity index (χ3v) is 11.9. The summed E-state index contributed by atoms with van der Waals surface area (Å²) in [6.07, 6.45) is 7.10. The number of benzene rings is 4. The number of nitrogens with zero attached hydrogens (tertiary/aromatic N) is 4. The maximum Gasteiger partial charge on any atom is 0.320 e. The van der Waals surface area contributed by atoms with Gasteiger partial charge in [0.05, 0.1) is 17.2 Å². The van der Waals surface area contributed by atoms with E-state index in [-0.39, 0.29) is 13.2 Å². The van der Waals surface area contributed by atoms with Crippen molar-refractivity contribution in [2.75, 3.05) is 32.8 Å². The number of β-amino-alcohol motifs (C(OH)–C–C–N with tert-alkyl or cyclic N) is 1. The van der Waals surface area contributed by atoms with Gasteiger partial charge in [-0.25, -0.2) is 0 Å². The zero-order valence-electron chi connectivity index (χ0n) is 33.7. The van der Waals surface area contributed by atoms with Crippen LogP contribution < -0.4 is 14.2 Å². The molecule has 0 aliphatic carbocycles. The highest BCUT2D eigenvalue weighted by molar-refractivity contribution is 6.32. The Balaban J connectivity index is 1.02. The molecule has 4 aromatic carbocycles. The first kappa shape index (κ1) is 41.7. The van der Waals surface area contributed by atoms with Crippen LogP contribution >= 0.6 is 11.6 Å². The van der Waals surface area contributed by atoms with Crippen LogP contribution in [0.1, 0.15) is 71.0 Å². The second kappa shape index (κ2) is 19.1. The number of hydrogen-bond acceptors (Lipinski definition) is 9. The largest absolute Gasteiger partial charge is 0.493 e. The predicted molar refractivity (Wildman–Crippen MR) is 228 cm³/mol. The maximum atomic E-state index is 12.1. The van der Waals surface area contributed by atoms with Crippen molar-refractivity contribution >= 4 is 17.6 Å². The Morgan fingerprint density at radius 1 is 0.881 bits per heavy atom. The number of carboxylic acid groups (broad SMARTS) is 1. The lowest BCUT2D eigenvalue weighted by atomic mass is 9.93. The fourth-order valence-electron chi connectivity index (χ4n) is 8.28. The highest BCUT2D eigenvalue weighted by Gasteiger charge is 2.37. The van der Waals surface area contributed by atoms with E-state index < -0.39 is 17.6 Å². The zero-order valence-corrected chi connectivity index (χ0v) is 34.5. The summed E-state index contributed by atoms with van der Waals surface area (Å²) in [4.78, 5) is 20.5. The molecule has 2 N–H and O–H groups in total. The topological polar surface area (TPSA) is 128 Å². The molecule has 0 amide bonds. The van der Waals surface area contributed by atoms with Crippen LogP contribution in [0.2, 0.25) is 5.02 Å². The second-order valence-corrected chi connectivity index (χ2v) is 16.0. The summed E-state index contributed by atoms with van der Waals surface area (Å²) in [6, 6.07) is 29.1. The lowest BCUT2D eigenvalue weighted by Crippen LogP contribution is -2.44. The molecule has 1 unspecified atom stereocenters. The van der Waals surface area contributed by atoms with Crippen LogP contribution in [0.4, 0.5) is 0 Å². The quantitative estimate of drug-likeness (QED) is 0.0933. The molecular weight excluding hydrogens is 764 g/mol. The first-order valence-electron chi connectivity index (χ1n) is 20.3. The molecule has 5 aromatic rings. The van der Waals surface area contributed by atoms with Gasteiger partial charge in [-0.2, -0.15) is 5.26 Å². The molecule has 3 heterocycles. The van der Waals surface area contributed by atoms with E-state index in [1.165, 1.54) is 6.20 Å². The number of piperidine rings is 1. The van der Waals surface area contributed by atoms with Crippen LogP contribution in [0.3, 0.4) is 0 Å². The van der Waals surface area contributed by atoms with Gasteiger partial charge in [-0.15, -0.1) is 0 Å². The van der Waals surface area contributed by atoms with Crippen LogP contribution in [0.25, 0.3) is 11.1 Å². The lowest BCUT2D eigenvalue weighted by Gasteiger charge is -2.33. The molecule has 2 fully saturated rings. The third-order valence-electron chi connectivity index (χ3n) is 11.6. The molecule has 2 aliphatic rings. The summed E-state index contributed by atoms with van der Waals surface area (Å²) >= 11 is 6.88. The van der Waals surface area contributed by atoms with Crippen molar-refractivity contribution in [3.8, 4) is 34.4 Å². The molecule has 306 valence electrons. The van der Waals surface area contributed by atoms with Crippen LogP contribution in [0.5, 0.6) is 17.2 Å². The van der Waals surface area contributed by atoms with Gasteiger partial charge < -0.3 is 24.4 Å². The average Bonchev–Trinajstić information content (AvgIpc) is 3.64. The van der Waals surface area contributed by atoms with Gasteiger partial charge >= 0.3 is 5.97 Å². The molecule has 10 nitrogen and oxygen atoms in total. The minimum atomic E-state index is -0.836. The van der Waals surface area contributed by atoms with Crippen molar-refractivity contribution < 1.29 is 29.2 Å². The Kier molecular flexibility index (Phi) is 13.5. The summed E-state index contributed by atoms with van der Waals surface area (Å²) in [6.45, 7) is 8.51. The molecular formula is C48H51ClN4O6. The van der Waals surface area contributed by atoms with Gasteiger partial charge in [0.15, 0.2) is 0 Å². The minimum Gasteiger partial charge on any atom is -0.493 e. The van der Waals surface area contributed by atoms with Gasteiger partial charge in [-0.05, 0) is 97.7 Å². The molecule has 59 heavy (non-hydrogen) atoms. The predicted octanol–water partition coefficient (Wildman–Crippen LogP) is 8.85. The molecule has 0 bridgehead atoms. The van der Waals surface area contributed by atoms with Crippen molar-refractivity contribution in [3.63, 3.8) is 0 Å². The molecule has 0 spiro atoms. The van der Waals surface area contributed by atoms with Crippen molar-refractivity contribution in [1.29, 1.82) is 5.26 Å². The van der Waals surface area contributed by atoms with Crippen LogP contribution in [-0.2, 0) is 30.2 Å². The van der Waals surface area contributed by atoms with Crippen molar-refractivity contribution in [2.45, 2.75) is 77.4 Å². The molecule has 11 heteroatoms. The van der Waals surface area contributed by atoms with Gasteiger partial charge in [-0.3, -0.25) is 19.6 Å². The number of ether oxygens (including phenoxy) is 3. The number of carbonyl (C=O) groups is 1. The molecule has 2 atom stereocenters. The fraction of sp³-hybridized carbons (Fsp3) is 0.354. The van der Waals surface area contributed by atoms with Crippen molar-refractivity contribution in [2.24, 2.45) is 0 Å². The molecule has 0 radical (unpaired) electrons. The van der Waals surface area contributed by atoms with Crippen LogP contribution in [0, 0.1) is 25.2 Å². The number of aliphatic hydroxyl groups is 1. The molecule has 2 aliphatic heterocycles. The minimum absolute atomic E-state index is 0.153. The Labute approximate surface area is 351 Å². The highest BCUT2D eigenvalue weighted by atomic mass is 35.5. The van der Waals surface area contributed by atoms with Gasteiger partial charge in [-0.1, -0.05) is 78.7 Å². The van der Waals surface area contributed by atoms with Crippen LogP contribution in [0.15, 0.2) is 97.3 Å². The highest BCUT2D eigenvalue weighted by Crippen LogP contribution is 2.38. The summed E-state index contributed by atoms with van der Waals surface area (Å²) in [5, 5.41) is 30.9. The monoisotopic (exact) mass is 814 g/mol. The Morgan fingerprint density at radius 2 is 1.66 bits per heavy atom. The molecule has 1 aromatic heterocycles. The van der Waals surface area contributed by atoms with E-state index in [0.29, 0.717) is 54.7 Å². The molecule has 2 saturated heterocycles. The number of carboxylic acids is 1. The van der Waals surface area contributed by atoms with Gasteiger partial charge in [0.2, 0.25) is 0 Å². The number of likely N-dealkylation sites (tertiary alicyclic amines) is 2. The number of hydrogen-bond donors (Lipinski definition) is 2. The first-order chi connectivity index (χ1) is 28.6. The number of pyridine rings is 1. The van der Waals surface area contributed by atoms with Crippen molar-refractivity contribution in [3.05, 3.63) is 141 Å². The van der Waals surface area contributed by atoms with E-state index in [4.69, 9.17) is 25.8 Å². The van der Waals surface area contributed by atoms with E-state index >= 15 is 0 Å². The number of rotatable bonds is 16. The molecule has 0 saturated carbocycles. The van der Waals surface area contributed by atoms with Gasteiger partial charge in [0.25, 0.3) is 0 Å². The molecule has 7 rings (SSSR count). The summed E-state index contributed by atoms with van der Waals surface area (Å²) < 4.78 is 19.1. The van der Waals surface area contributed by atoms with Gasteiger partial charge in [0, 0.05) is 55.8 Å². The Morgan fingerprint density at radius 3 is 2.46 bits per heavy atom. The fourth-order valence-corrected chi connectivity index (χ4v) is 8.52. The standard InChI is InChI=1S/C48H51ClN4O6/c1-33-37(11-8-14-40(33)41-15-9-17-44(34(41)2)57-22-10-19-52-21-18-48(56,32-52)39-12-4-3-5-13-39)31-59-46-25-45(58-30-36-23-35(26-50)27-51-28-36)38(24-42(46)49)29-53-20-7-6-16-43(53)47(54)55/h3-5,8-9,11-15,17,23-25,27-28,43,56H,6-7,10,16,18-22,29-32H2,1-2H3,(H,54,55)/t43-,48?/m0/s1. The number of nitriles is 1. The lowest BCUT2D eigenvalue weighted by molar-refractivity contribution is -0.144. The second-order valence-electron chi connectivity index (χ2n) is 15.6.